The molecule has 0 N–H and O–H groups in total. The van der Waals surface area contributed by atoms with Crippen molar-refractivity contribution < 1.29 is 14.3 Å². The van der Waals surface area contributed by atoms with Gasteiger partial charge in [-0.3, -0.25) is 9.59 Å². The summed E-state index contributed by atoms with van der Waals surface area (Å²) in [5.74, 6) is 0.0877. The van der Waals surface area contributed by atoms with Crippen molar-refractivity contribution in [1.29, 1.82) is 0 Å². The van der Waals surface area contributed by atoms with Gasteiger partial charge in [-0.05, 0) is 24.1 Å². The van der Waals surface area contributed by atoms with Gasteiger partial charge in [-0.2, -0.15) is 0 Å². The second-order valence-electron chi connectivity index (χ2n) is 5.64. The number of ether oxygens (including phenoxy) is 1. The monoisotopic (exact) mass is 322 g/mol. The number of benzene rings is 1. The number of carbonyl (C=O) groups excluding carboxylic acids is 2. The van der Waals surface area contributed by atoms with Crippen molar-refractivity contribution in [2.45, 2.75) is 25.4 Å². The summed E-state index contributed by atoms with van der Waals surface area (Å²) in [5.41, 5.74) is 0.986. The fourth-order valence-corrected chi connectivity index (χ4v) is 3.10. The number of hydrogen-bond acceptors (Lipinski definition) is 3. The first kappa shape index (κ1) is 15.3. The van der Waals surface area contributed by atoms with E-state index in [2.05, 4.69) is 0 Å². The van der Waals surface area contributed by atoms with E-state index in [0.717, 1.165) is 5.56 Å². The molecule has 118 valence electrons. The van der Waals surface area contributed by atoms with Gasteiger partial charge in [-0.25, -0.2) is 0 Å². The average Bonchev–Trinajstić information content (AvgIpc) is 2.91. The van der Waals surface area contributed by atoms with Crippen LogP contribution in [0.25, 0.3) is 0 Å². The van der Waals surface area contributed by atoms with Crippen LogP contribution in [0.5, 0.6) is 0 Å². The second-order valence-corrected chi connectivity index (χ2v) is 6.08. The Balaban J connectivity index is 1.71. The summed E-state index contributed by atoms with van der Waals surface area (Å²) in [6.07, 6.45) is 1.04. The Morgan fingerprint density at radius 1 is 1.23 bits per heavy atom. The second kappa shape index (κ2) is 6.67. The van der Waals surface area contributed by atoms with E-state index in [1.54, 1.807) is 17.0 Å². The molecule has 0 saturated carbocycles. The van der Waals surface area contributed by atoms with Crippen LogP contribution in [0.1, 0.15) is 18.4 Å². The Morgan fingerprint density at radius 3 is 2.59 bits per heavy atom. The predicted octanol–water partition coefficient (Wildman–Crippen LogP) is 1.69. The molecule has 1 aromatic carbocycles. The smallest absolute Gasteiger partial charge is 0.245 e. The highest BCUT2D eigenvalue weighted by Crippen LogP contribution is 2.24. The molecule has 2 aliphatic heterocycles. The van der Waals surface area contributed by atoms with Crippen LogP contribution in [-0.2, 0) is 20.9 Å². The molecule has 6 heteroatoms. The number of hydrogen-bond donors (Lipinski definition) is 0. The van der Waals surface area contributed by atoms with Crippen molar-refractivity contribution in [3.8, 4) is 0 Å². The highest BCUT2D eigenvalue weighted by atomic mass is 35.5. The standard InChI is InChI=1S/C16H19ClN2O3/c17-13-3-1-12(2-4-13)11-19-14(5-6-15(19)20)16(21)18-7-9-22-10-8-18/h1-4,14H,5-11H2. The molecule has 1 atom stereocenters. The Bertz CT molecular complexity index is 555. The SMILES string of the molecule is O=C(C1CCC(=O)N1Cc1ccc(Cl)cc1)N1CCOCC1. The van der Waals surface area contributed by atoms with Crippen LogP contribution >= 0.6 is 11.6 Å². The number of morpholine rings is 1. The van der Waals surface area contributed by atoms with Crippen LogP contribution in [-0.4, -0.2) is 54.0 Å². The lowest BCUT2D eigenvalue weighted by Crippen LogP contribution is -2.50. The van der Waals surface area contributed by atoms with Crippen molar-refractivity contribution in [3.05, 3.63) is 34.9 Å². The predicted molar refractivity (Wildman–Crippen MR) is 82.4 cm³/mol. The molecule has 0 bridgehead atoms. The van der Waals surface area contributed by atoms with E-state index in [1.165, 1.54) is 0 Å². The van der Waals surface area contributed by atoms with E-state index in [-0.39, 0.29) is 17.9 Å². The van der Waals surface area contributed by atoms with Crippen LogP contribution in [0.4, 0.5) is 0 Å². The van der Waals surface area contributed by atoms with E-state index < -0.39 is 0 Å². The molecule has 1 unspecified atom stereocenters. The van der Waals surface area contributed by atoms with E-state index in [9.17, 15) is 9.59 Å². The minimum atomic E-state index is -0.346. The van der Waals surface area contributed by atoms with Crippen LogP contribution in [0.15, 0.2) is 24.3 Å². The minimum absolute atomic E-state index is 0.0431. The number of likely N-dealkylation sites (tertiary alicyclic amines) is 1. The van der Waals surface area contributed by atoms with Crippen LogP contribution in [0.3, 0.4) is 0 Å². The summed E-state index contributed by atoms with van der Waals surface area (Å²) < 4.78 is 5.28. The highest BCUT2D eigenvalue weighted by molar-refractivity contribution is 6.30. The summed E-state index contributed by atoms with van der Waals surface area (Å²) >= 11 is 5.88. The molecule has 0 radical (unpaired) electrons. The van der Waals surface area contributed by atoms with Crippen molar-refractivity contribution in [2.75, 3.05) is 26.3 Å². The number of carbonyl (C=O) groups is 2. The number of amides is 2. The average molecular weight is 323 g/mol. The number of halogens is 1. The maximum absolute atomic E-state index is 12.7. The van der Waals surface area contributed by atoms with Crippen molar-refractivity contribution in [3.63, 3.8) is 0 Å². The van der Waals surface area contributed by atoms with Crippen molar-refractivity contribution in [2.24, 2.45) is 0 Å². The fraction of sp³-hybridized carbons (Fsp3) is 0.500. The molecule has 3 rings (SSSR count). The van der Waals surface area contributed by atoms with Gasteiger partial charge in [0.2, 0.25) is 11.8 Å². The van der Waals surface area contributed by atoms with Gasteiger partial charge in [0, 0.05) is 31.1 Å². The molecule has 5 nitrogen and oxygen atoms in total. The summed E-state index contributed by atoms with van der Waals surface area (Å²) in [6, 6.07) is 7.04. The Labute approximate surface area is 134 Å². The zero-order chi connectivity index (χ0) is 15.5. The molecule has 1 aromatic rings. The van der Waals surface area contributed by atoms with E-state index in [1.807, 2.05) is 17.0 Å². The first-order chi connectivity index (χ1) is 10.6. The summed E-state index contributed by atoms with van der Waals surface area (Å²) in [6.45, 7) is 2.82. The molecule has 22 heavy (non-hydrogen) atoms. The minimum Gasteiger partial charge on any atom is -0.378 e. The highest BCUT2D eigenvalue weighted by Gasteiger charge is 2.38. The molecule has 0 aromatic heterocycles. The van der Waals surface area contributed by atoms with Gasteiger partial charge in [-0.1, -0.05) is 23.7 Å². The normalized spacial score (nSPS) is 22.2. The van der Waals surface area contributed by atoms with Gasteiger partial charge >= 0.3 is 0 Å². The fourth-order valence-electron chi connectivity index (χ4n) is 2.97. The first-order valence-corrected chi connectivity index (χ1v) is 7.93. The van der Waals surface area contributed by atoms with Crippen molar-refractivity contribution >= 4 is 23.4 Å². The molecule has 0 aliphatic carbocycles. The summed E-state index contributed by atoms with van der Waals surface area (Å²) in [4.78, 5) is 28.3. The lowest BCUT2D eigenvalue weighted by atomic mass is 10.1. The van der Waals surface area contributed by atoms with Crippen LogP contribution in [0, 0.1) is 0 Å². The number of nitrogens with zero attached hydrogens (tertiary/aromatic N) is 2. The quantitative estimate of drug-likeness (QED) is 0.851. The maximum atomic E-state index is 12.7. The third kappa shape index (κ3) is 3.25. The first-order valence-electron chi connectivity index (χ1n) is 7.55. The Hall–Kier alpha value is -1.59. The van der Waals surface area contributed by atoms with Gasteiger partial charge in [0.15, 0.2) is 0 Å². The summed E-state index contributed by atoms with van der Waals surface area (Å²) in [5, 5.41) is 0.664. The Morgan fingerprint density at radius 2 is 1.91 bits per heavy atom. The molecular formula is C16H19ClN2O3. The molecule has 2 amide bonds. The Kier molecular flexibility index (Phi) is 4.64. The van der Waals surface area contributed by atoms with Gasteiger partial charge in [-0.15, -0.1) is 0 Å². The third-order valence-electron chi connectivity index (χ3n) is 4.20. The van der Waals surface area contributed by atoms with Gasteiger partial charge < -0.3 is 14.5 Å². The molecule has 2 heterocycles. The molecule has 2 aliphatic rings. The molecule has 0 spiro atoms. The summed E-state index contributed by atoms with van der Waals surface area (Å²) in [7, 11) is 0. The van der Waals surface area contributed by atoms with E-state index >= 15 is 0 Å². The molecule has 2 fully saturated rings. The number of rotatable bonds is 3. The van der Waals surface area contributed by atoms with E-state index in [4.69, 9.17) is 16.3 Å². The molecular weight excluding hydrogens is 304 g/mol. The largest absolute Gasteiger partial charge is 0.378 e. The topological polar surface area (TPSA) is 49.9 Å². The lowest BCUT2D eigenvalue weighted by molar-refractivity contribution is -0.144. The van der Waals surface area contributed by atoms with E-state index in [0.29, 0.717) is 50.7 Å². The van der Waals surface area contributed by atoms with Crippen LogP contribution in [0.2, 0.25) is 5.02 Å². The van der Waals surface area contributed by atoms with Gasteiger partial charge in [0.1, 0.15) is 6.04 Å². The molecule has 2 saturated heterocycles. The lowest BCUT2D eigenvalue weighted by Gasteiger charge is -2.32. The zero-order valence-corrected chi connectivity index (χ0v) is 13.1. The van der Waals surface area contributed by atoms with Crippen LogP contribution < -0.4 is 0 Å². The third-order valence-corrected chi connectivity index (χ3v) is 4.45. The zero-order valence-electron chi connectivity index (χ0n) is 12.3. The van der Waals surface area contributed by atoms with Gasteiger partial charge in [0.05, 0.1) is 13.2 Å². The van der Waals surface area contributed by atoms with Crippen molar-refractivity contribution in [1.82, 2.24) is 9.80 Å². The maximum Gasteiger partial charge on any atom is 0.245 e. The van der Waals surface area contributed by atoms with Gasteiger partial charge in [0.25, 0.3) is 0 Å².